The van der Waals surface area contributed by atoms with E-state index in [1.54, 1.807) is 12.4 Å². The molecule has 1 saturated carbocycles. The molecule has 142 valence electrons. The fraction of sp³-hybridized carbons (Fsp3) is 0.714. The average molecular weight is 357 g/mol. The van der Waals surface area contributed by atoms with Crippen molar-refractivity contribution in [2.45, 2.75) is 71.1 Å². The van der Waals surface area contributed by atoms with E-state index >= 15 is 0 Å². The molecule has 4 rings (SSSR count). The number of fused-ring (bicyclic) bond motifs is 2. The Morgan fingerprint density at radius 1 is 1.27 bits per heavy atom. The number of urea groups is 1. The van der Waals surface area contributed by atoms with E-state index in [1.807, 2.05) is 12.1 Å². The second kappa shape index (κ2) is 6.52. The van der Waals surface area contributed by atoms with Crippen LogP contribution in [-0.2, 0) is 4.74 Å². The predicted octanol–water partition coefficient (Wildman–Crippen LogP) is 3.91. The minimum absolute atomic E-state index is 0.0475. The van der Waals surface area contributed by atoms with Gasteiger partial charge >= 0.3 is 6.03 Å². The number of amides is 2. The Morgan fingerprint density at radius 2 is 2.04 bits per heavy atom. The molecule has 1 aromatic rings. The molecule has 0 radical (unpaired) electrons. The van der Waals surface area contributed by atoms with Crippen molar-refractivity contribution in [3.63, 3.8) is 0 Å². The molecule has 3 heterocycles. The van der Waals surface area contributed by atoms with Gasteiger partial charge in [0.1, 0.15) is 0 Å². The van der Waals surface area contributed by atoms with Crippen LogP contribution in [0.3, 0.4) is 0 Å². The standard InChI is InChI=1S/C21H31N3O2/c1-20(2)11-17-12-21(3,13-20)14-24(17)19(25)23-16-6-9-26-18(10-16)15-4-7-22-8-5-15/h4-5,7-8,16-18H,6,9-14H2,1-3H3,(H,23,25). The lowest BCUT2D eigenvalue weighted by molar-refractivity contribution is 0.00129. The highest BCUT2D eigenvalue weighted by atomic mass is 16.5. The third-order valence-electron chi connectivity index (χ3n) is 6.37. The Labute approximate surface area is 156 Å². The van der Waals surface area contributed by atoms with E-state index in [-0.39, 0.29) is 23.6 Å². The van der Waals surface area contributed by atoms with E-state index in [0.29, 0.717) is 18.1 Å². The van der Waals surface area contributed by atoms with Crippen LogP contribution in [0.25, 0.3) is 0 Å². The van der Waals surface area contributed by atoms with Gasteiger partial charge in [-0.3, -0.25) is 4.98 Å². The molecule has 3 aliphatic rings. The zero-order valence-corrected chi connectivity index (χ0v) is 16.2. The number of carbonyl (C=O) groups is 1. The molecular weight excluding hydrogens is 326 g/mol. The number of hydrogen-bond donors (Lipinski definition) is 1. The van der Waals surface area contributed by atoms with Crippen LogP contribution < -0.4 is 5.32 Å². The summed E-state index contributed by atoms with van der Waals surface area (Å²) in [6.07, 6.45) is 8.83. The molecule has 2 amide bonds. The summed E-state index contributed by atoms with van der Waals surface area (Å²) in [5.41, 5.74) is 1.75. The first kappa shape index (κ1) is 17.8. The zero-order chi connectivity index (χ0) is 18.4. The van der Waals surface area contributed by atoms with Crippen molar-refractivity contribution >= 4 is 6.03 Å². The fourth-order valence-electron chi connectivity index (χ4n) is 5.69. The van der Waals surface area contributed by atoms with Gasteiger partial charge < -0.3 is 15.0 Å². The Hall–Kier alpha value is -1.62. The molecule has 1 aliphatic carbocycles. The molecule has 2 aliphatic heterocycles. The van der Waals surface area contributed by atoms with Crippen molar-refractivity contribution in [3.8, 4) is 0 Å². The third kappa shape index (κ3) is 3.59. The Kier molecular flexibility index (Phi) is 4.46. The van der Waals surface area contributed by atoms with Gasteiger partial charge in [0.15, 0.2) is 0 Å². The van der Waals surface area contributed by atoms with Crippen LogP contribution in [0.15, 0.2) is 24.5 Å². The third-order valence-corrected chi connectivity index (χ3v) is 6.37. The van der Waals surface area contributed by atoms with E-state index in [9.17, 15) is 4.79 Å². The van der Waals surface area contributed by atoms with Crippen molar-refractivity contribution in [2.24, 2.45) is 10.8 Å². The molecule has 5 nitrogen and oxygen atoms in total. The SMILES string of the molecule is CC1(C)CC2CC(C)(CN2C(=O)NC2CCOC(c3ccncc3)C2)C1. The number of nitrogens with one attached hydrogen (secondary N) is 1. The maximum absolute atomic E-state index is 13.0. The summed E-state index contributed by atoms with van der Waals surface area (Å²) < 4.78 is 5.92. The molecule has 0 spiro atoms. The van der Waals surface area contributed by atoms with Crippen molar-refractivity contribution in [1.29, 1.82) is 0 Å². The number of hydrogen-bond acceptors (Lipinski definition) is 3. The second-order valence-corrected chi connectivity index (χ2v) is 9.65. The number of rotatable bonds is 2. The highest BCUT2D eigenvalue weighted by Crippen LogP contribution is 2.52. The van der Waals surface area contributed by atoms with Gasteiger partial charge in [-0.05, 0) is 60.6 Å². The molecule has 4 atom stereocenters. The van der Waals surface area contributed by atoms with E-state index in [4.69, 9.17) is 4.74 Å². The molecule has 2 bridgehead atoms. The molecule has 4 unspecified atom stereocenters. The lowest BCUT2D eigenvalue weighted by atomic mass is 9.65. The quantitative estimate of drug-likeness (QED) is 0.873. The smallest absolute Gasteiger partial charge is 0.317 e. The first-order chi connectivity index (χ1) is 12.3. The monoisotopic (exact) mass is 357 g/mol. The van der Waals surface area contributed by atoms with Crippen LogP contribution in [0.5, 0.6) is 0 Å². The number of ether oxygens (including phenoxy) is 1. The maximum atomic E-state index is 13.0. The van der Waals surface area contributed by atoms with Crippen LogP contribution in [0, 0.1) is 10.8 Å². The first-order valence-electron chi connectivity index (χ1n) is 9.92. The van der Waals surface area contributed by atoms with Crippen LogP contribution in [0.2, 0.25) is 0 Å². The summed E-state index contributed by atoms with van der Waals surface area (Å²) in [5.74, 6) is 0. The Morgan fingerprint density at radius 3 is 2.81 bits per heavy atom. The maximum Gasteiger partial charge on any atom is 0.317 e. The van der Waals surface area contributed by atoms with Crippen LogP contribution >= 0.6 is 0 Å². The summed E-state index contributed by atoms with van der Waals surface area (Å²) in [6.45, 7) is 8.62. The molecular formula is C21H31N3O2. The molecule has 5 heteroatoms. The van der Waals surface area contributed by atoms with Crippen molar-refractivity contribution in [2.75, 3.05) is 13.2 Å². The van der Waals surface area contributed by atoms with E-state index in [1.165, 1.54) is 6.42 Å². The molecule has 3 fully saturated rings. The van der Waals surface area contributed by atoms with E-state index in [2.05, 4.69) is 36.0 Å². The van der Waals surface area contributed by atoms with E-state index < -0.39 is 0 Å². The number of nitrogens with zero attached hydrogens (tertiary/aromatic N) is 2. The van der Waals surface area contributed by atoms with Crippen LogP contribution in [0.4, 0.5) is 4.79 Å². The predicted molar refractivity (Wildman–Crippen MR) is 101 cm³/mol. The molecule has 1 aromatic heterocycles. The molecule has 1 N–H and O–H groups in total. The zero-order valence-electron chi connectivity index (χ0n) is 16.2. The van der Waals surface area contributed by atoms with Crippen LogP contribution in [-0.4, -0.2) is 41.2 Å². The van der Waals surface area contributed by atoms with Gasteiger partial charge in [-0.2, -0.15) is 0 Å². The van der Waals surface area contributed by atoms with Gasteiger partial charge in [-0.15, -0.1) is 0 Å². The summed E-state index contributed by atoms with van der Waals surface area (Å²) >= 11 is 0. The summed E-state index contributed by atoms with van der Waals surface area (Å²) in [6, 6.07) is 4.69. The second-order valence-electron chi connectivity index (χ2n) is 9.65. The van der Waals surface area contributed by atoms with Crippen molar-refractivity contribution in [3.05, 3.63) is 30.1 Å². The molecule has 2 saturated heterocycles. The van der Waals surface area contributed by atoms with Crippen LogP contribution in [0.1, 0.15) is 64.5 Å². The topological polar surface area (TPSA) is 54.5 Å². The number of carbonyl (C=O) groups excluding carboxylic acids is 1. The summed E-state index contributed by atoms with van der Waals surface area (Å²) in [5, 5.41) is 3.31. The van der Waals surface area contributed by atoms with Crippen molar-refractivity contribution < 1.29 is 9.53 Å². The molecule has 26 heavy (non-hydrogen) atoms. The number of aromatic nitrogens is 1. The van der Waals surface area contributed by atoms with Gasteiger partial charge in [0.05, 0.1) is 6.10 Å². The van der Waals surface area contributed by atoms with Gasteiger partial charge in [0.2, 0.25) is 0 Å². The van der Waals surface area contributed by atoms with Gasteiger partial charge in [-0.25, -0.2) is 4.79 Å². The average Bonchev–Trinajstić information content (AvgIpc) is 2.85. The normalized spacial score (nSPS) is 36.0. The lowest BCUT2D eigenvalue weighted by Crippen LogP contribution is -2.49. The summed E-state index contributed by atoms with van der Waals surface area (Å²) in [4.78, 5) is 19.2. The van der Waals surface area contributed by atoms with E-state index in [0.717, 1.165) is 37.8 Å². The van der Waals surface area contributed by atoms with Gasteiger partial charge in [-0.1, -0.05) is 20.8 Å². The fourth-order valence-corrected chi connectivity index (χ4v) is 5.69. The Bertz CT molecular complexity index is 662. The first-order valence-corrected chi connectivity index (χ1v) is 9.92. The highest BCUT2D eigenvalue weighted by Gasteiger charge is 2.51. The Balaban J connectivity index is 1.39. The minimum atomic E-state index is 0.0475. The molecule has 0 aromatic carbocycles. The number of likely N-dealkylation sites (tertiary alicyclic amines) is 1. The van der Waals surface area contributed by atoms with Crippen molar-refractivity contribution in [1.82, 2.24) is 15.2 Å². The summed E-state index contributed by atoms with van der Waals surface area (Å²) in [7, 11) is 0. The lowest BCUT2D eigenvalue weighted by Gasteiger charge is -2.39. The van der Waals surface area contributed by atoms with Gasteiger partial charge in [0.25, 0.3) is 0 Å². The number of pyridine rings is 1. The highest BCUT2D eigenvalue weighted by molar-refractivity contribution is 5.75. The largest absolute Gasteiger partial charge is 0.373 e. The minimum Gasteiger partial charge on any atom is -0.373 e. The van der Waals surface area contributed by atoms with Gasteiger partial charge in [0, 0.05) is 37.6 Å².